The number of nitrogens with two attached hydrogens (primary N) is 1. The second-order valence-electron chi connectivity index (χ2n) is 6.16. The summed E-state index contributed by atoms with van der Waals surface area (Å²) in [4.78, 5) is 12.1. The van der Waals surface area contributed by atoms with E-state index in [1.807, 2.05) is 0 Å². The van der Waals surface area contributed by atoms with Crippen LogP contribution in [0.5, 0.6) is 0 Å². The number of nitrogens with one attached hydrogen (secondary N) is 1. The van der Waals surface area contributed by atoms with Gasteiger partial charge in [0.15, 0.2) is 0 Å². The van der Waals surface area contributed by atoms with Gasteiger partial charge >= 0.3 is 0 Å². The van der Waals surface area contributed by atoms with Crippen molar-refractivity contribution in [1.82, 2.24) is 5.32 Å². The Hall–Kier alpha value is -0.570. The Morgan fingerprint density at radius 2 is 1.89 bits per heavy atom. The van der Waals surface area contributed by atoms with E-state index in [1.165, 1.54) is 32.1 Å². The summed E-state index contributed by atoms with van der Waals surface area (Å²) in [5, 5.41) is 3.18. The van der Waals surface area contributed by atoms with E-state index >= 15 is 0 Å². The predicted octanol–water partition coefficient (Wildman–Crippen LogP) is 2.83. The quantitative estimate of drug-likeness (QED) is 0.766. The van der Waals surface area contributed by atoms with E-state index in [2.05, 4.69) is 26.1 Å². The molecule has 0 saturated heterocycles. The van der Waals surface area contributed by atoms with Gasteiger partial charge in [0.1, 0.15) is 0 Å². The molecule has 0 aromatic carbocycles. The molecule has 0 aliphatic heterocycles. The molecule has 0 heterocycles. The highest BCUT2D eigenvalue weighted by Crippen LogP contribution is 2.27. The summed E-state index contributed by atoms with van der Waals surface area (Å²) in [6, 6.07) is -0.0151. The normalized spacial score (nSPS) is 20.7. The molecule has 0 radical (unpaired) electrons. The largest absolute Gasteiger partial charge is 0.352 e. The fourth-order valence-electron chi connectivity index (χ4n) is 2.99. The fourth-order valence-corrected chi connectivity index (χ4v) is 2.99. The zero-order valence-electron chi connectivity index (χ0n) is 12.2. The number of rotatable bonds is 6. The third kappa shape index (κ3) is 4.97. The third-order valence-corrected chi connectivity index (χ3v) is 4.05. The molecule has 1 rings (SSSR count). The van der Waals surface area contributed by atoms with Crippen molar-refractivity contribution in [3.05, 3.63) is 0 Å². The van der Waals surface area contributed by atoms with Crippen LogP contribution in [-0.4, -0.2) is 18.0 Å². The van der Waals surface area contributed by atoms with Crippen molar-refractivity contribution < 1.29 is 4.79 Å². The fraction of sp³-hybridized carbons (Fsp3) is 0.933. The number of carbonyl (C=O) groups is 1. The molecule has 1 unspecified atom stereocenters. The summed E-state index contributed by atoms with van der Waals surface area (Å²) in [5.74, 6) is 1.18. The van der Waals surface area contributed by atoms with Crippen molar-refractivity contribution in [2.45, 2.75) is 77.8 Å². The Labute approximate surface area is 112 Å². The first-order valence-corrected chi connectivity index (χ1v) is 7.60. The van der Waals surface area contributed by atoms with Gasteiger partial charge in [0, 0.05) is 6.04 Å². The topological polar surface area (TPSA) is 55.1 Å². The van der Waals surface area contributed by atoms with E-state index in [9.17, 15) is 4.79 Å². The molecule has 3 nitrogen and oxygen atoms in total. The average Bonchev–Trinajstić information content (AvgIpc) is 2.35. The van der Waals surface area contributed by atoms with Crippen molar-refractivity contribution in [1.29, 1.82) is 0 Å². The van der Waals surface area contributed by atoms with Gasteiger partial charge in [0.05, 0.1) is 6.04 Å². The van der Waals surface area contributed by atoms with Gasteiger partial charge in [-0.3, -0.25) is 4.79 Å². The second-order valence-corrected chi connectivity index (χ2v) is 6.16. The minimum Gasteiger partial charge on any atom is -0.352 e. The average molecular weight is 254 g/mol. The van der Waals surface area contributed by atoms with Crippen LogP contribution in [0.1, 0.15) is 65.7 Å². The van der Waals surface area contributed by atoms with Crippen molar-refractivity contribution in [2.75, 3.05) is 0 Å². The van der Waals surface area contributed by atoms with Crippen LogP contribution in [0.2, 0.25) is 0 Å². The molecule has 1 saturated carbocycles. The van der Waals surface area contributed by atoms with E-state index in [1.54, 1.807) is 0 Å². The molecule has 1 aliphatic rings. The van der Waals surface area contributed by atoms with Crippen LogP contribution in [0.15, 0.2) is 0 Å². The summed E-state index contributed by atoms with van der Waals surface area (Å²) in [7, 11) is 0. The molecule has 2 atom stereocenters. The maximum atomic E-state index is 12.1. The van der Waals surface area contributed by atoms with Gasteiger partial charge in [-0.05, 0) is 37.5 Å². The van der Waals surface area contributed by atoms with Gasteiger partial charge < -0.3 is 11.1 Å². The second kappa shape index (κ2) is 7.78. The molecule has 0 aromatic heterocycles. The molecular formula is C15H30N2O. The summed E-state index contributed by atoms with van der Waals surface area (Å²) in [6.07, 6.45) is 8.30. The first kappa shape index (κ1) is 15.5. The van der Waals surface area contributed by atoms with E-state index in [0.717, 1.165) is 12.8 Å². The lowest BCUT2D eigenvalue weighted by atomic mass is 9.83. The van der Waals surface area contributed by atoms with E-state index in [0.29, 0.717) is 17.9 Å². The Kier molecular flexibility index (Phi) is 6.69. The third-order valence-electron chi connectivity index (χ3n) is 4.05. The first-order chi connectivity index (χ1) is 8.54. The molecule has 3 heteroatoms. The monoisotopic (exact) mass is 254 g/mol. The minimum atomic E-state index is -0.345. The van der Waals surface area contributed by atoms with Crippen molar-refractivity contribution in [3.8, 4) is 0 Å². The minimum absolute atomic E-state index is 0.0427. The van der Waals surface area contributed by atoms with Gasteiger partial charge in [0.2, 0.25) is 5.91 Å². The molecule has 106 valence electrons. The van der Waals surface area contributed by atoms with Crippen LogP contribution >= 0.6 is 0 Å². The van der Waals surface area contributed by atoms with E-state index in [4.69, 9.17) is 5.73 Å². The van der Waals surface area contributed by atoms with Crippen molar-refractivity contribution >= 4 is 5.91 Å². The Bertz CT molecular complexity index is 247. The van der Waals surface area contributed by atoms with Crippen LogP contribution in [-0.2, 0) is 4.79 Å². The Balaban J connectivity index is 2.43. The Morgan fingerprint density at radius 1 is 1.28 bits per heavy atom. The summed E-state index contributed by atoms with van der Waals surface area (Å²) < 4.78 is 0. The van der Waals surface area contributed by atoms with E-state index < -0.39 is 0 Å². The van der Waals surface area contributed by atoms with Gasteiger partial charge in [-0.1, -0.05) is 40.0 Å². The first-order valence-electron chi connectivity index (χ1n) is 7.60. The number of hydrogen-bond acceptors (Lipinski definition) is 2. The molecule has 0 spiro atoms. The standard InChI is InChI=1S/C15H30N2O/c1-4-14(12-8-6-5-7-9-12)17-15(18)13(16)10-11(2)3/h11-14H,4-10,16H2,1-3H3,(H,17,18)/t13-,14?/m0/s1. The van der Waals surface area contributed by atoms with Crippen molar-refractivity contribution in [2.24, 2.45) is 17.6 Å². The number of carbonyl (C=O) groups excluding carboxylic acids is 1. The van der Waals surface area contributed by atoms with Crippen LogP contribution in [0.25, 0.3) is 0 Å². The molecule has 3 N–H and O–H groups in total. The highest BCUT2D eigenvalue weighted by atomic mass is 16.2. The summed E-state index contributed by atoms with van der Waals surface area (Å²) >= 11 is 0. The van der Waals surface area contributed by atoms with Gasteiger partial charge in [-0.2, -0.15) is 0 Å². The molecule has 0 bridgehead atoms. The van der Waals surface area contributed by atoms with Crippen LogP contribution < -0.4 is 11.1 Å². The Morgan fingerprint density at radius 3 is 2.39 bits per heavy atom. The zero-order chi connectivity index (χ0) is 13.5. The van der Waals surface area contributed by atoms with E-state index in [-0.39, 0.29) is 11.9 Å². The highest BCUT2D eigenvalue weighted by molar-refractivity contribution is 5.81. The lowest BCUT2D eigenvalue weighted by molar-refractivity contribution is -0.123. The van der Waals surface area contributed by atoms with Crippen LogP contribution in [0, 0.1) is 11.8 Å². The smallest absolute Gasteiger partial charge is 0.237 e. The molecular weight excluding hydrogens is 224 g/mol. The lowest BCUT2D eigenvalue weighted by Crippen LogP contribution is -2.48. The SMILES string of the molecule is CCC(NC(=O)[C@@H](N)CC(C)C)C1CCCCC1. The molecule has 0 aromatic rings. The summed E-state index contributed by atoms with van der Waals surface area (Å²) in [5.41, 5.74) is 5.94. The van der Waals surface area contributed by atoms with Gasteiger partial charge in [-0.25, -0.2) is 0 Å². The predicted molar refractivity (Wildman–Crippen MR) is 76.2 cm³/mol. The van der Waals surface area contributed by atoms with Crippen LogP contribution in [0.4, 0.5) is 0 Å². The highest BCUT2D eigenvalue weighted by Gasteiger charge is 2.25. The molecule has 18 heavy (non-hydrogen) atoms. The lowest BCUT2D eigenvalue weighted by Gasteiger charge is -2.31. The number of hydrogen-bond donors (Lipinski definition) is 2. The van der Waals surface area contributed by atoms with Gasteiger partial charge in [-0.15, -0.1) is 0 Å². The zero-order valence-corrected chi connectivity index (χ0v) is 12.2. The maximum absolute atomic E-state index is 12.1. The van der Waals surface area contributed by atoms with Crippen molar-refractivity contribution in [3.63, 3.8) is 0 Å². The number of amides is 1. The summed E-state index contributed by atoms with van der Waals surface area (Å²) in [6.45, 7) is 6.37. The molecule has 1 fully saturated rings. The molecule has 1 amide bonds. The molecule has 1 aliphatic carbocycles. The maximum Gasteiger partial charge on any atom is 0.237 e. The van der Waals surface area contributed by atoms with Gasteiger partial charge in [0.25, 0.3) is 0 Å². The van der Waals surface area contributed by atoms with Crippen LogP contribution in [0.3, 0.4) is 0 Å².